The minimum Gasteiger partial charge on any atom is -0.350 e. The van der Waals surface area contributed by atoms with Crippen LogP contribution in [-0.4, -0.2) is 22.4 Å². The summed E-state index contributed by atoms with van der Waals surface area (Å²) in [6, 6.07) is -0.133. The van der Waals surface area contributed by atoms with Crippen LogP contribution >= 0.6 is 22.7 Å². The summed E-state index contributed by atoms with van der Waals surface area (Å²) in [6.45, 7) is 2.42. The Morgan fingerprint density at radius 3 is 3.00 bits per heavy atom. The molecule has 0 aliphatic carbocycles. The summed E-state index contributed by atoms with van der Waals surface area (Å²) >= 11 is 3.00. The van der Waals surface area contributed by atoms with Gasteiger partial charge in [0.15, 0.2) is 0 Å². The van der Waals surface area contributed by atoms with Crippen molar-refractivity contribution in [1.82, 2.24) is 15.3 Å². The fraction of sp³-hybridized carbons (Fsp3) is 0.364. The normalized spacial score (nSPS) is 12.3. The Bertz CT molecular complexity index is 507. The monoisotopic (exact) mass is 282 g/mol. The van der Waals surface area contributed by atoms with Crippen molar-refractivity contribution in [3.8, 4) is 0 Å². The molecule has 2 heterocycles. The number of nitrogens with two attached hydrogens (primary N) is 1. The molecular formula is C11H14N4OS2. The van der Waals surface area contributed by atoms with Gasteiger partial charge in [-0.3, -0.25) is 4.79 Å². The van der Waals surface area contributed by atoms with Gasteiger partial charge in [0.25, 0.3) is 5.91 Å². The maximum absolute atomic E-state index is 11.8. The van der Waals surface area contributed by atoms with E-state index < -0.39 is 0 Å². The first kappa shape index (κ1) is 13.1. The van der Waals surface area contributed by atoms with Gasteiger partial charge in [0.2, 0.25) is 0 Å². The fourth-order valence-electron chi connectivity index (χ4n) is 1.35. The first-order valence-electron chi connectivity index (χ1n) is 5.54. The lowest BCUT2D eigenvalue weighted by Crippen LogP contribution is -2.26. The Hall–Kier alpha value is -1.31. The molecule has 3 N–H and O–H groups in total. The molecule has 0 aliphatic rings. The fourth-order valence-corrected chi connectivity index (χ4v) is 2.73. The van der Waals surface area contributed by atoms with E-state index in [9.17, 15) is 4.79 Å². The van der Waals surface area contributed by atoms with E-state index in [4.69, 9.17) is 5.73 Å². The first-order valence-corrected chi connectivity index (χ1v) is 7.30. The maximum Gasteiger partial charge on any atom is 0.270 e. The van der Waals surface area contributed by atoms with E-state index >= 15 is 0 Å². The highest BCUT2D eigenvalue weighted by Gasteiger charge is 2.12. The average Bonchev–Trinajstić information content (AvgIpc) is 2.99. The quantitative estimate of drug-likeness (QED) is 0.872. The van der Waals surface area contributed by atoms with Crippen molar-refractivity contribution in [1.29, 1.82) is 0 Å². The lowest BCUT2D eigenvalue weighted by molar-refractivity contribution is 0.0949. The van der Waals surface area contributed by atoms with E-state index in [1.165, 1.54) is 11.3 Å². The van der Waals surface area contributed by atoms with Gasteiger partial charge in [0, 0.05) is 29.9 Å². The lowest BCUT2D eigenvalue weighted by Gasteiger charge is -2.01. The molecular weight excluding hydrogens is 268 g/mol. The van der Waals surface area contributed by atoms with Crippen LogP contribution < -0.4 is 11.1 Å². The Morgan fingerprint density at radius 1 is 1.56 bits per heavy atom. The molecule has 1 unspecified atom stereocenters. The molecule has 1 atom stereocenters. The van der Waals surface area contributed by atoms with Gasteiger partial charge >= 0.3 is 0 Å². The molecule has 2 aromatic rings. The minimum absolute atomic E-state index is 0.133. The zero-order valence-electron chi connectivity index (χ0n) is 9.92. The van der Waals surface area contributed by atoms with Crippen molar-refractivity contribution < 1.29 is 4.79 Å². The summed E-state index contributed by atoms with van der Waals surface area (Å²) < 4.78 is 0. The Labute approximate surface area is 113 Å². The topological polar surface area (TPSA) is 80.9 Å². The first-order chi connectivity index (χ1) is 8.66. The Balaban J connectivity index is 1.83. The lowest BCUT2D eigenvalue weighted by atomic mass is 10.3. The number of carbonyl (C=O) groups excluding carboxylic acids is 1. The molecule has 0 radical (unpaired) electrons. The summed E-state index contributed by atoms with van der Waals surface area (Å²) in [5.41, 5.74) is 6.14. The van der Waals surface area contributed by atoms with Gasteiger partial charge in [-0.15, -0.1) is 22.7 Å². The van der Waals surface area contributed by atoms with Gasteiger partial charge in [-0.2, -0.15) is 0 Å². The van der Waals surface area contributed by atoms with Gasteiger partial charge in [-0.25, -0.2) is 9.97 Å². The molecule has 0 fully saturated rings. The van der Waals surface area contributed by atoms with E-state index in [1.54, 1.807) is 22.9 Å². The van der Waals surface area contributed by atoms with Crippen LogP contribution in [0.5, 0.6) is 0 Å². The molecule has 0 spiro atoms. The number of carbonyl (C=O) groups is 1. The number of amides is 1. The number of aromatic nitrogens is 2. The second-order valence-corrected chi connectivity index (χ2v) is 5.66. The number of nitrogens with one attached hydrogen (secondary N) is 1. The van der Waals surface area contributed by atoms with E-state index in [2.05, 4.69) is 15.3 Å². The summed E-state index contributed by atoms with van der Waals surface area (Å²) in [5, 5.41) is 8.27. The molecule has 0 bridgehead atoms. The van der Waals surface area contributed by atoms with Gasteiger partial charge < -0.3 is 11.1 Å². The Morgan fingerprint density at radius 2 is 2.39 bits per heavy atom. The highest BCUT2D eigenvalue weighted by Crippen LogP contribution is 2.15. The van der Waals surface area contributed by atoms with Crippen LogP contribution in [0.15, 0.2) is 17.0 Å². The van der Waals surface area contributed by atoms with E-state index in [1.807, 2.05) is 12.3 Å². The molecule has 2 aromatic heterocycles. The summed E-state index contributed by atoms with van der Waals surface area (Å²) in [7, 11) is 0. The van der Waals surface area contributed by atoms with Crippen molar-refractivity contribution >= 4 is 28.6 Å². The highest BCUT2D eigenvalue weighted by molar-refractivity contribution is 7.10. The zero-order valence-corrected chi connectivity index (χ0v) is 11.6. The third-order valence-corrected chi connectivity index (χ3v) is 4.14. The molecule has 7 heteroatoms. The van der Waals surface area contributed by atoms with Crippen LogP contribution in [0.4, 0.5) is 0 Å². The number of hydrogen-bond acceptors (Lipinski definition) is 6. The Kier molecular flexibility index (Phi) is 4.40. The average molecular weight is 282 g/mol. The van der Waals surface area contributed by atoms with Crippen molar-refractivity contribution in [2.24, 2.45) is 5.73 Å². The molecule has 5 nitrogen and oxygen atoms in total. The molecule has 18 heavy (non-hydrogen) atoms. The standard InChI is InChI=1S/C11H14N4OS2/c1-7(12)11-15-8(6-18-11)10(16)14-3-2-9-13-4-5-17-9/h4-7H,2-3,12H2,1H3,(H,14,16). The molecule has 0 saturated heterocycles. The van der Waals surface area contributed by atoms with Crippen molar-refractivity contribution in [3.05, 3.63) is 32.7 Å². The smallest absolute Gasteiger partial charge is 0.270 e. The predicted molar refractivity (Wildman–Crippen MR) is 72.9 cm³/mol. The number of thiazole rings is 2. The SMILES string of the molecule is CC(N)c1nc(C(=O)NCCc2nccs2)cs1. The number of rotatable bonds is 5. The van der Waals surface area contributed by atoms with Crippen molar-refractivity contribution in [3.63, 3.8) is 0 Å². The van der Waals surface area contributed by atoms with Crippen LogP contribution in [0.2, 0.25) is 0 Å². The van der Waals surface area contributed by atoms with Crippen LogP contribution in [0.1, 0.15) is 33.5 Å². The van der Waals surface area contributed by atoms with Crippen molar-refractivity contribution in [2.45, 2.75) is 19.4 Å². The molecule has 0 saturated carbocycles. The van der Waals surface area contributed by atoms with Crippen LogP contribution in [0.25, 0.3) is 0 Å². The third kappa shape index (κ3) is 3.34. The van der Waals surface area contributed by atoms with Crippen molar-refractivity contribution in [2.75, 3.05) is 6.54 Å². The molecule has 2 rings (SSSR count). The highest BCUT2D eigenvalue weighted by atomic mass is 32.1. The van der Waals surface area contributed by atoms with E-state index in [0.717, 1.165) is 16.4 Å². The summed E-state index contributed by atoms with van der Waals surface area (Å²) in [5.74, 6) is -0.158. The molecule has 1 amide bonds. The number of nitrogens with zero attached hydrogens (tertiary/aromatic N) is 2. The maximum atomic E-state index is 11.8. The van der Waals surface area contributed by atoms with Gasteiger partial charge in [0.1, 0.15) is 10.7 Å². The van der Waals surface area contributed by atoms with E-state index in [-0.39, 0.29) is 11.9 Å². The molecule has 0 aliphatic heterocycles. The zero-order chi connectivity index (χ0) is 13.0. The predicted octanol–water partition coefficient (Wildman–Crippen LogP) is 1.59. The van der Waals surface area contributed by atoms with Crippen LogP contribution in [-0.2, 0) is 6.42 Å². The van der Waals surface area contributed by atoms with Gasteiger partial charge in [0.05, 0.1) is 11.0 Å². The molecule has 0 aromatic carbocycles. The minimum atomic E-state index is -0.158. The largest absolute Gasteiger partial charge is 0.350 e. The van der Waals surface area contributed by atoms with Gasteiger partial charge in [-0.1, -0.05) is 0 Å². The number of hydrogen-bond donors (Lipinski definition) is 2. The van der Waals surface area contributed by atoms with Gasteiger partial charge in [-0.05, 0) is 6.92 Å². The molecule has 96 valence electrons. The van der Waals surface area contributed by atoms with E-state index in [0.29, 0.717) is 12.2 Å². The van der Waals surface area contributed by atoms with Crippen LogP contribution in [0.3, 0.4) is 0 Å². The second-order valence-electron chi connectivity index (χ2n) is 3.79. The van der Waals surface area contributed by atoms with Crippen LogP contribution in [0, 0.1) is 0 Å². The third-order valence-electron chi connectivity index (χ3n) is 2.25. The summed E-state index contributed by atoms with van der Waals surface area (Å²) in [6.07, 6.45) is 2.50. The second kappa shape index (κ2) is 6.03. The summed E-state index contributed by atoms with van der Waals surface area (Å²) in [4.78, 5) is 20.1.